The molecule has 0 spiro atoms. The highest BCUT2D eigenvalue weighted by Gasteiger charge is 2.28. The quantitative estimate of drug-likeness (QED) is 0.877. The van der Waals surface area contributed by atoms with Gasteiger partial charge in [-0.15, -0.1) is 10.2 Å². The van der Waals surface area contributed by atoms with E-state index in [1.165, 1.54) is 25.7 Å². The molecule has 0 aliphatic heterocycles. The Kier molecular flexibility index (Phi) is 3.47. The molecule has 1 unspecified atom stereocenters. The molecule has 0 aromatic carbocycles. The predicted octanol–water partition coefficient (Wildman–Crippen LogP) is 3.48. The first-order chi connectivity index (χ1) is 7.59. The molecule has 1 aliphatic rings. The van der Waals surface area contributed by atoms with Gasteiger partial charge in [-0.05, 0) is 31.1 Å². The molecule has 1 N–H and O–H groups in total. The average Bonchev–Trinajstić information content (AvgIpc) is 2.64. The smallest absolute Gasteiger partial charge is 0.205 e. The maximum absolute atomic E-state index is 4.19. The van der Waals surface area contributed by atoms with E-state index in [0.29, 0.717) is 11.5 Å². The van der Waals surface area contributed by atoms with Crippen molar-refractivity contribution in [3.63, 3.8) is 0 Å². The minimum absolute atomic E-state index is 0.480. The van der Waals surface area contributed by atoms with E-state index < -0.39 is 0 Å². The molecule has 4 heteroatoms. The Balaban J connectivity index is 1.94. The maximum Gasteiger partial charge on any atom is 0.205 e. The van der Waals surface area contributed by atoms with E-state index in [1.807, 2.05) is 0 Å². The van der Waals surface area contributed by atoms with Crippen molar-refractivity contribution < 1.29 is 0 Å². The monoisotopic (exact) mass is 239 g/mol. The molecule has 1 aromatic rings. The van der Waals surface area contributed by atoms with Crippen molar-refractivity contribution in [2.75, 3.05) is 5.32 Å². The third-order valence-electron chi connectivity index (χ3n) is 3.30. The molecule has 16 heavy (non-hydrogen) atoms. The van der Waals surface area contributed by atoms with Crippen LogP contribution in [-0.2, 0) is 6.42 Å². The van der Waals surface area contributed by atoms with E-state index >= 15 is 0 Å². The zero-order valence-electron chi connectivity index (χ0n) is 10.4. The minimum Gasteiger partial charge on any atom is -0.357 e. The van der Waals surface area contributed by atoms with E-state index in [9.17, 15) is 0 Å². The largest absolute Gasteiger partial charge is 0.357 e. The van der Waals surface area contributed by atoms with Gasteiger partial charge in [-0.2, -0.15) is 0 Å². The van der Waals surface area contributed by atoms with Gasteiger partial charge in [0.1, 0.15) is 5.01 Å². The van der Waals surface area contributed by atoms with Crippen LogP contribution >= 0.6 is 11.3 Å². The number of rotatable bonds is 3. The van der Waals surface area contributed by atoms with E-state index in [1.54, 1.807) is 11.3 Å². The molecule has 1 saturated carbocycles. The van der Waals surface area contributed by atoms with Gasteiger partial charge >= 0.3 is 0 Å². The summed E-state index contributed by atoms with van der Waals surface area (Å²) in [6.45, 7) is 6.84. The summed E-state index contributed by atoms with van der Waals surface area (Å²) in [5.41, 5.74) is 0.480. The van der Waals surface area contributed by atoms with Crippen LogP contribution in [0, 0.1) is 5.41 Å². The van der Waals surface area contributed by atoms with Crippen molar-refractivity contribution in [1.29, 1.82) is 0 Å². The second-order valence-corrected chi connectivity index (χ2v) is 6.52. The molecule has 0 amide bonds. The second kappa shape index (κ2) is 4.70. The van der Waals surface area contributed by atoms with Crippen LogP contribution < -0.4 is 5.32 Å². The summed E-state index contributed by atoms with van der Waals surface area (Å²) in [5, 5.41) is 14.0. The molecule has 2 rings (SSSR count). The van der Waals surface area contributed by atoms with Gasteiger partial charge in [0.2, 0.25) is 5.13 Å². The lowest BCUT2D eigenvalue weighted by atomic mass is 9.75. The molecule has 1 heterocycles. The van der Waals surface area contributed by atoms with E-state index in [2.05, 4.69) is 36.3 Å². The average molecular weight is 239 g/mol. The molecule has 1 aliphatic carbocycles. The van der Waals surface area contributed by atoms with Crippen molar-refractivity contribution in [2.45, 2.75) is 58.9 Å². The second-order valence-electron chi connectivity index (χ2n) is 5.46. The number of aryl methyl sites for hydroxylation is 1. The fourth-order valence-electron chi connectivity index (χ4n) is 2.45. The first-order valence-electron chi connectivity index (χ1n) is 6.18. The normalized spacial score (nSPS) is 24.3. The van der Waals surface area contributed by atoms with Crippen LogP contribution in [0.2, 0.25) is 0 Å². The molecule has 0 radical (unpaired) electrons. The van der Waals surface area contributed by atoms with Crippen molar-refractivity contribution in [3.8, 4) is 0 Å². The van der Waals surface area contributed by atoms with Crippen LogP contribution in [0.4, 0.5) is 5.13 Å². The number of aromatic nitrogens is 2. The Morgan fingerprint density at radius 2 is 2.25 bits per heavy atom. The Bertz CT molecular complexity index is 346. The number of hydrogen-bond donors (Lipinski definition) is 1. The maximum atomic E-state index is 4.19. The predicted molar refractivity (Wildman–Crippen MR) is 68.9 cm³/mol. The van der Waals surface area contributed by atoms with Crippen LogP contribution in [0.5, 0.6) is 0 Å². The molecule has 90 valence electrons. The lowest BCUT2D eigenvalue weighted by molar-refractivity contribution is 0.229. The zero-order chi connectivity index (χ0) is 11.6. The highest BCUT2D eigenvalue weighted by atomic mass is 32.1. The highest BCUT2D eigenvalue weighted by Crippen LogP contribution is 2.36. The molecular formula is C12H21N3S. The topological polar surface area (TPSA) is 37.8 Å². The number of anilines is 1. The standard InChI is InChI=1S/C12H21N3S/c1-4-10-14-15-11(16-10)13-9-6-5-7-12(2,3)8-9/h9H,4-8H2,1-3H3,(H,13,15). The summed E-state index contributed by atoms with van der Waals surface area (Å²) >= 11 is 1.69. The number of nitrogens with zero attached hydrogens (tertiary/aromatic N) is 2. The molecular weight excluding hydrogens is 218 g/mol. The molecule has 1 atom stereocenters. The van der Waals surface area contributed by atoms with Gasteiger partial charge in [-0.3, -0.25) is 0 Å². The molecule has 1 fully saturated rings. The lowest BCUT2D eigenvalue weighted by Crippen LogP contribution is -2.31. The summed E-state index contributed by atoms with van der Waals surface area (Å²) in [6, 6.07) is 0.585. The summed E-state index contributed by atoms with van der Waals surface area (Å²) in [6.07, 6.45) is 6.17. The van der Waals surface area contributed by atoms with Crippen LogP contribution in [0.25, 0.3) is 0 Å². The molecule has 1 aromatic heterocycles. The summed E-state index contributed by atoms with van der Waals surface area (Å²) in [5.74, 6) is 0. The fraction of sp³-hybridized carbons (Fsp3) is 0.833. The van der Waals surface area contributed by atoms with E-state index in [4.69, 9.17) is 0 Å². The zero-order valence-corrected chi connectivity index (χ0v) is 11.2. The van der Waals surface area contributed by atoms with Gasteiger partial charge in [0.25, 0.3) is 0 Å². The fourth-order valence-corrected chi connectivity index (χ4v) is 3.21. The number of nitrogens with one attached hydrogen (secondary N) is 1. The minimum atomic E-state index is 0.480. The van der Waals surface area contributed by atoms with Crippen molar-refractivity contribution in [2.24, 2.45) is 5.41 Å². The van der Waals surface area contributed by atoms with Crippen molar-refractivity contribution in [3.05, 3.63) is 5.01 Å². The van der Waals surface area contributed by atoms with Gasteiger partial charge in [-0.1, -0.05) is 38.5 Å². The Labute approximate surface area is 102 Å². The van der Waals surface area contributed by atoms with Crippen molar-refractivity contribution >= 4 is 16.5 Å². The van der Waals surface area contributed by atoms with Crippen LogP contribution in [0.15, 0.2) is 0 Å². The van der Waals surface area contributed by atoms with Crippen LogP contribution in [-0.4, -0.2) is 16.2 Å². The van der Waals surface area contributed by atoms with Gasteiger partial charge in [0.15, 0.2) is 0 Å². The summed E-state index contributed by atoms with van der Waals surface area (Å²) < 4.78 is 0. The Hall–Kier alpha value is -0.640. The Morgan fingerprint density at radius 3 is 2.88 bits per heavy atom. The van der Waals surface area contributed by atoms with Crippen molar-refractivity contribution in [1.82, 2.24) is 10.2 Å². The lowest BCUT2D eigenvalue weighted by Gasteiger charge is -2.35. The van der Waals surface area contributed by atoms with Crippen LogP contribution in [0.3, 0.4) is 0 Å². The molecule has 3 nitrogen and oxygen atoms in total. The SMILES string of the molecule is CCc1nnc(NC2CCCC(C)(C)C2)s1. The van der Waals surface area contributed by atoms with Gasteiger partial charge in [-0.25, -0.2) is 0 Å². The van der Waals surface area contributed by atoms with Crippen LogP contribution in [0.1, 0.15) is 51.5 Å². The van der Waals surface area contributed by atoms with Gasteiger partial charge < -0.3 is 5.32 Å². The summed E-state index contributed by atoms with van der Waals surface area (Å²) in [4.78, 5) is 0. The van der Waals surface area contributed by atoms with E-state index in [-0.39, 0.29) is 0 Å². The van der Waals surface area contributed by atoms with Gasteiger partial charge in [0, 0.05) is 6.04 Å². The summed E-state index contributed by atoms with van der Waals surface area (Å²) in [7, 11) is 0. The molecule has 0 saturated heterocycles. The third kappa shape index (κ3) is 2.94. The number of hydrogen-bond acceptors (Lipinski definition) is 4. The third-order valence-corrected chi connectivity index (χ3v) is 4.30. The van der Waals surface area contributed by atoms with Gasteiger partial charge in [0.05, 0.1) is 0 Å². The highest BCUT2D eigenvalue weighted by molar-refractivity contribution is 7.15. The molecule has 0 bridgehead atoms. The Morgan fingerprint density at radius 1 is 1.44 bits per heavy atom. The first-order valence-corrected chi connectivity index (χ1v) is 6.99. The van der Waals surface area contributed by atoms with E-state index in [0.717, 1.165) is 16.6 Å². The first kappa shape index (κ1) is 11.8.